The largest absolute Gasteiger partial charge is 0.392 e. The zero-order valence-corrected chi connectivity index (χ0v) is 16.3. The minimum atomic E-state index is -0.214. The molecule has 0 unspecified atom stereocenters. The summed E-state index contributed by atoms with van der Waals surface area (Å²) >= 11 is 6.12. The van der Waals surface area contributed by atoms with Gasteiger partial charge >= 0.3 is 0 Å². The number of nitrogens with zero attached hydrogens (tertiary/aromatic N) is 2. The molecular formula is C21H22ClN3O2. The molecule has 0 saturated heterocycles. The average molecular weight is 384 g/mol. The Morgan fingerprint density at radius 3 is 2.48 bits per heavy atom. The summed E-state index contributed by atoms with van der Waals surface area (Å²) < 4.78 is 1.58. The lowest BCUT2D eigenvalue weighted by atomic mass is 9.87. The molecule has 6 heteroatoms. The molecule has 0 spiro atoms. The van der Waals surface area contributed by atoms with Crippen LogP contribution in [-0.4, -0.2) is 20.8 Å². The first-order valence-corrected chi connectivity index (χ1v) is 9.02. The van der Waals surface area contributed by atoms with Crippen molar-refractivity contribution < 1.29 is 9.90 Å². The first kappa shape index (κ1) is 19.1. The molecule has 0 radical (unpaired) electrons. The van der Waals surface area contributed by atoms with Gasteiger partial charge in [0, 0.05) is 22.3 Å². The summed E-state index contributed by atoms with van der Waals surface area (Å²) in [6.07, 6.45) is 3.26. The van der Waals surface area contributed by atoms with Crippen molar-refractivity contribution in [1.29, 1.82) is 0 Å². The highest BCUT2D eigenvalue weighted by Gasteiger charge is 2.16. The number of anilines is 1. The Hall–Kier alpha value is -2.63. The van der Waals surface area contributed by atoms with Gasteiger partial charge in [-0.05, 0) is 41.3 Å². The van der Waals surface area contributed by atoms with E-state index < -0.39 is 0 Å². The number of carbonyl (C=O) groups is 1. The Morgan fingerprint density at radius 1 is 1.19 bits per heavy atom. The number of aromatic nitrogens is 2. The highest BCUT2D eigenvalue weighted by Crippen LogP contribution is 2.26. The van der Waals surface area contributed by atoms with E-state index in [0.717, 1.165) is 0 Å². The van der Waals surface area contributed by atoms with Gasteiger partial charge in [0.1, 0.15) is 0 Å². The number of rotatable bonds is 4. The summed E-state index contributed by atoms with van der Waals surface area (Å²) in [5.74, 6) is -0.214. The van der Waals surface area contributed by atoms with E-state index in [9.17, 15) is 9.90 Å². The number of amides is 1. The van der Waals surface area contributed by atoms with Gasteiger partial charge in [0.25, 0.3) is 5.91 Å². The number of aliphatic hydroxyl groups excluding tert-OH is 1. The Morgan fingerprint density at radius 2 is 1.89 bits per heavy atom. The Balaban J connectivity index is 1.88. The maximum atomic E-state index is 12.7. The first-order valence-electron chi connectivity index (χ1n) is 8.64. The molecule has 1 amide bonds. The van der Waals surface area contributed by atoms with Gasteiger partial charge in [-0.1, -0.05) is 44.5 Å². The van der Waals surface area contributed by atoms with E-state index in [-0.39, 0.29) is 17.9 Å². The molecule has 1 heterocycles. The fraction of sp³-hybridized carbons (Fsp3) is 0.238. The second-order valence-electron chi connectivity index (χ2n) is 7.39. The topological polar surface area (TPSA) is 67.2 Å². The van der Waals surface area contributed by atoms with Crippen LogP contribution < -0.4 is 5.32 Å². The highest BCUT2D eigenvalue weighted by molar-refractivity contribution is 6.31. The van der Waals surface area contributed by atoms with Crippen molar-refractivity contribution in [1.82, 2.24) is 9.78 Å². The fourth-order valence-electron chi connectivity index (χ4n) is 2.69. The van der Waals surface area contributed by atoms with Crippen molar-refractivity contribution in [3.8, 4) is 5.69 Å². The summed E-state index contributed by atoms with van der Waals surface area (Å²) in [5.41, 5.74) is 3.64. The van der Waals surface area contributed by atoms with Crippen LogP contribution in [0.1, 0.15) is 42.3 Å². The van der Waals surface area contributed by atoms with Gasteiger partial charge in [-0.25, -0.2) is 4.68 Å². The molecule has 27 heavy (non-hydrogen) atoms. The van der Waals surface area contributed by atoms with Crippen LogP contribution in [0.2, 0.25) is 5.02 Å². The molecule has 1 aromatic heterocycles. The lowest BCUT2D eigenvalue weighted by Gasteiger charge is -2.19. The third-order valence-corrected chi connectivity index (χ3v) is 4.52. The number of aliphatic hydroxyl groups is 1. The molecule has 0 atom stereocenters. The van der Waals surface area contributed by atoms with Gasteiger partial charge in [0.15, 0.2) is 0 Å². The molecule has 3 aromatic rings. The summed E-state index contributed by atoms with van der Waals surface area (Å²) in [7, 11) is 0. The molecule has 2 N–H and O–H groups in total. The number of hydrogen-bond donors (Lipinski definition) is 2. The van der Waals surface area contributed by atoms with Crippen LogP contribution >= 0.6 is 11.6 Å². The van der Waals surface area contributed by atoms with E-state index in [1.165, 1.54) is 5.56 Å². The van der Waals surface area contributed by atoms with Gasteiger partial charge in [-0.15, -0.1) is 0 Å². The highest BCUT2D eigenvalue weighted by atomic mass is 35.5. The van der Waals surface area contributed by atoms with Crippen molar-refractivity contribution in [2.24, 2.45) is 0 Å². The van der Waals surface area contributed by atoms with Crippen LogP contribution in [0, 0.1) is 0 Å². The van der Waals surface area contributed by atoms with Crippen LogP contribution in [0.4, 0.5) is 5.69 Å². The minimum Gasteiger partial charge on any atom is -0.392 e. The van der Waals surface area contributed by atoms with Crippen LogP contribution in [0.3, 0.4) is 0 Å². The quantitative estimate of drug-likeness (QED) is 0.693. The average Bonchev–Trinajstić information content (AvgIpc) is 3.11. The molecule has 0 aliphatic heterocycles. The van der Waals surface area contributed by atoms with E-state index >= 15 is 0 Å². The Bertz CT molecular complexity index is 956. The van der Waals surface area contributed by atoms with E-state index in [0.29, 0.717) is 27.5 Å². The fourth-order valence-corrected chi connectivity index (χ4v) is 2.86. The van der Waals surface area contributed by atoms with Gasteiger partial charge in [0.05, 0.1) is 24.2 Å². The van der Waals surface area contributed by atoms with Gasteiger partial charge in [-0.3, -0.25) is 4.79 Å². The SMILES string of the molecule is CC(C)(C)c1ccc(C(=O)Nc2ccc(Cl)cc2-n2cc(CO)cn2)cc1. The number of nitrogens with one attached hydrogen (secondary N) is 1. The lowest BCUT2D eigenvalue weighted by molar-refractivity contribution is 0.102. The van der Waals surface area contributed by atoms with Crippen LogP contribution in [0.25, 0.3) is 5.69 Å². The van der Waals surface area contributed by atoms with Crippen LogP contribution in [-0.2, 0) is 12.0 Å². The number of benzene rings is 2. The Kier molecular flexibility index (Phi) is 5.35. The minimum absolute atomic E-state index is 0.0306. The summed E-state index contributed by atoms with van der Waals surface area (Å²) in [6, 6.07) is 12.7. The zero-order valence-electron chi connectivity index (χ0n) is 15.5. The molecule has 0 aliphatic carbocycles. The zero-order chi connectivity index (χ0) is 19.6. The third kappa shape index (κ3) is 4.38. The van der Waals surface area contributed by atoms with E-state index in [1.54, 1.807) is 35.3 Å². The molecule has 0 bridgehead atoms. The number of hydrogen-bond acceptors (Lipinski definition) is 3. The van der Waals surface area contributed by atoms with Crippen molar-refractivity contribution in [3.05, 3.63) is 76.6 Å². The van der Waals surface area contributed by atoms with Crippen molar-refractivity contribution >= 4 is 23.2 Å². The molecule has 3 rings (SSSR count). The van der Waals surface area contributed by atoms with Crippen molar-refractivity contribution in [2.45, 2.75) is 32.8 Å². The van der Waals surface area contributed by atoms with Gasteiger partial charge in [-0.2, -0.15) is 5.10 Å². The molecule has 2 aromatic carbocycles. The monoisotopic (exact) mass is 383 g/mol. The first-order chi connectivity index (χ1) is 12.8. The van der Waals surface area contributed by atoms with E-state index in [4.69, 9.17) is 11.6 Å². The summed E-state index contributed by atoms with van der Waals surface area (Å²) in [4.78, 5) is 12.7. The smallest absolute Gasteiger partial charge is 0.255 e. The molecule has 5 nitrogen and oxygen atoms in total. The van der Waals surface area contributed by atoms with Crippen molar-refractivity contribution in [2.75, 3.05) is 5.32 Å². The predicted molar refractivity (Wildman–Crippen MR) is 108 cm³/mol. The normalized spacial score (nSPS) is 11.4. The second kappa shape index (κ2) is 7.55. The van der Waals surface area contributed by atoms with Crippen LogP contribution in [0.5, 0.6) is 0 Å². The standard InChI is InChI=1S/C21H22ClN3O2/c1-21(2,3)16-6-4-15(5-7-16)20(27)24-18-9-8-17(22)10-19(18)25-12-14(13-26)11-23-25/h4-12,26H,13H2,1-3H3,(H,24,27). The third-order valence-electron chi connectivity index (χ3n) is 4.29. The van der Waals surface area contributed by atoms with Crippen LogP contribution in [0.15, 0.2) is 54.9 Å². The van der Waals surface area contributed by atoms with Gasteiger partial charge < -0.3 is 10.4 Å². The molecule has 0 fully saturated rings. The number of halogens is 1. The van der Waals surface area contributed by atoms with Crippen molar-refractivity contribution in [3.63, 3.8) is 0 Å². The van der Waals surface area contributed by atoms with E-state index in [1.807, 2.05) is 24.3 Å². The molecule has 0 aliphatic rings. The van der Waals surface area contributed by atoms with E-state index in [2.05, 4.69) is 31.2 Å². The predicted octanol–water partition coefficient (Wildman–Crippen LogP) is 4.57. The maximum absolute atomic E-state index is 12.7. The summed E-state index contributed by atoms with van der Waals surface area (Å²) in [5, 5.41) is 16.9. The lowest BCUT2D eigenvalue weighted by Crippen LogP contribution is -2.15. The van der Waals surface area contributed by atoms with Gasteiger partial charge in [0.2, 0.25) is 0 Å². The Labute approximate surface area is 163 Å². The molecule has 0 saturated carbocycles. The molecular weight excluding hydrogens is 362 g/mol. The molecule has 140 valence electrons. The number of carbonyl (C=O) groups excluding carboxylic acids is 1. The summed E-state index contributed by atoms with van der Waals surface area (Å²) in [6.45, 7) is 6.29. The maximum Gasteiger partial charge on any atom is 0.255 e. The second-order valence-corrected chi connectivity index (χ2v) is 7.83.